The number of carbonyl (C=O) groups is 6. The van der Waals surface area contributed by atoms with Crippen LogP contribution in [-0.2, 0) is 34.0 Å². The number of fused-ring (bicyclic) bond motifs is 3. The Morgan fingerprint density at radius 2 is 0.884 bits per heavy atom. The molecule has 0 spiro atoms. The molecule has 13 rings (SSSR count). The Morgan fingerprint density at radius 1 is 0.491 bits per heavy atom. The largest absolute Gasteiger partial charge is 0.495 e. The zero-order chi connectivity index (χ0) is 80.5. The number of anilines is 11. The number of ether oxygens (including phenoxy) is 6. The maximum Gasteiger partial charge on any atom is 0.330 e. The van der Waals surface area contributed by atoms with Gasteiger partial charge in [-0.15, -0.1) is 0 Å². The first kappa shape index (κ1) is 81.4. The smallest absolute Gasteiger partial charge is 0.330 e. The summed E-state index contributed by atoms with van der Waals surface area (Å²) in [6.45, 7) is 10.7. The summed E-state index contributed by atoms with van der Waals surface area (Å²) in [6.07, 6.45) is 17.5. The lowest BCUT2D eigenvalue weighted by Gasteiger charge is -2.37. The van der Waals surface area contributed by atoms with Gasteiger partial charge in [-0.25, -0.2) is 46.9 Å². The van der Waals surface area contributed by atoms with E-state index in [0.717, 1.165) is 88.2 Å². The molecule has 3 aromatic heterocycles. The van der Waals surface area contributed by atoms with Gasteiger partial charge in [-0.1, -0.05) is 57.6 Å². The normalized spacial score (nSPS) is 17.7. The van der Waals surface area contributed by atoms with E-state index in [1.54, 1.807) is 48.6 Å². The van der Waals surface area contributed by atoms with E-state index in [1.165, 1.54) is 86.7 Å². The second-order valence-electron chi connectivity index (χ2n) is 26.4. The second kappa shape index (κ2) is 35.6. The highest BCUT2D eigenvalue weighted by molar-refractivity contribution is 9.11. The van der Waals surface area contributed by atoms with Gasteiger partial charge in [0, 0.05) is 92.2 Å². The number of rotatable bonds is 23. The fourth-order valence-electron chi connectivity index (χ4n) is 13.5. The maximum absolute atomic E-state index is 15.5. The van der Waals surface area contributed by atoms with Crippen LogP contribution in [0.3, 0.4) is 0 Å². The van der Waals surface area contributed by atoms with Crippen molar-refractivity contribution in [3.63, 3.8) is 0 Å². The Kier molecular flexibility index (Phi) is 25.9. The molecule has 37 heteroatoms. The lowest BCUT2D eigenvalue weighted by molar-refractivity contribution is -0.118. The Morgan fingerprint density at radius 3 is 1.30 bits per heavy atom. The number of benzene rings is 4. The van der Waals surface area contributed by atoms with Crippen molar-refractivity contribution < 1.29 is 79.1 Å². The average Bonchev–Trinajstić information content (AvgIpc) is 1.26. The molecular formula is C75H81Br2F5N18O12. The van der Waals surface area contributed by atoms with Crippen LogP contribution in [0.5, 0.6) is 34.5 Å². The SMILES string of the molecule is C=CC(=O)N[C@H]1CCCC[C@H]1Nc1ncc2c(n1)N(C)C(=O)N(c1c(F)c(OC)c(F)c(OC)c1F)C2.C=CC(=O)N[C@H]1CCCC[C@H]1Nc1ncc2c(n1)N(C)C(=O)N(c1c(F)c(OC)cc(OC)c1Br)C2.C=CC(=O)Nc1ccccc1Nc1ncc2c(n1)N(CC1CC1)C(=O)N(c1c(F)c(OC)cc(OC)c1Br)C2. The molecule has 4 atom stereocenters. The zero-order valence-corrected chi connectivity index (χ0v) is 65.4. The van der Waals surface area contributed by atoms with Crippen LogP contribution in [0, 0.1) is 35.0 Å². The first-order valence-corrected chi connectivity index (χ1v) is 36.9. The number of aromatic nitrogens is 6. The van der Waals surface area contributed by atoms with E-state index in [9.17, 15) is 33.2 Å². The fourth-order valence-corrected chi connectivity index (χ4v) is 14.8. The lowest BCUT2D eigenvalue weighted by atomic mass is 9.90. The molecule has 3 saturated carbocycles. The highest BCUT2D eigenvalue weighted by atomic mass is 79.9. The minimum absolute atomic E-state index is 0.00101. The third-order valence-corrected chi connectivity index (χ3v) is 20.9. The minimum atomic E-state index is -1.38. The van der Waals surface area contributed by atoms with Crippen LogP contribution in [0.2, 0.25) is 0 Å². The summed E-state index contributed by atoms with van der Waals surface area (Å²) in [4.78, 5) is 110. The molecule has 3 fully saturated rings. The number of halogens is 7. The molecule has 0 saturated heterocycles. The van der Waals surface area contributed by atoms with Gasteiger partial charge in [0.1, 0.15) is 46.0 Å². The average molecular weight is 1680 g/mol. The summed E-state index contributed by atoms with van der Waals surface area (Å²) >= 11 is 6.77. The van der Waals surface area contributed by atoms with Crippen LogP contribution >= 0.6 is 31.9 Å². The van der Waals surface area contributed by atoms with Gasteiger partial charge in [-0.2, -0.15) is 19.3 Å². The van der Waals surface area contributed by atoms with Crippen LogP contribution in [-0.4, -0.2) is 153 Å². The number of urea groups is 3. The molecule has 0 unspecified atom stereocenters. The summed E-state index contributed by atoms with van der Waals surface area (Å²) in [5.74, 6) is -5.30. The highest BCUT2D eigenvalue weighted by Gasteiger charge is 2.43. The molecular weight excluding hydrogens is 1600 g/mol. The molecule has 592 valence electrons. The number of methoxy groups -OCH3 is 6. The molecule has 7 aromatic rings. The van der Waals surface area contributed by atoms with Crippen molar-refractivity contribution in [1.82, 2.24) is 40.5 Å². The monoisotopic (exact) mass is 1680 g/mol. The number of nitrogens with one attached hydrogen (secondary N) is 6. The number of carbonyl (C=O) groups excluding carboxylic acids is 6. The molecule has 4 aromatic carbocycles. The molecule has 0 bridgehead atoms. The van der Waals surface area contributed by atoms with E-state index in [-0.39, 0.29) is 107 Å². The van der Waals surface area contributed by atoms with Crippen LogP contribution < -0.4 is 89.7 Å². The summed E-state index contributed by atoms with van der Waals surface area (Å²) in [7, 11) is 10.6. The minimum Gasteiger partial charge on any atom is -0.495 e. The Bertz CT molecular complexity index is 4750. The quantitative estimate of drug-likeness (QED) is 0.0256. The van der Waals surface area contributed by atoms with Crippen molar-refractivity contribution >= 4 is 131 Å². The van der Waals surface area contributed by atoms with Gasteiger partial charge in [0.25, 0.3) is 0 Å². The lowest BCUT2D eigenvalue weighted by Crippen LogP contribution is -2.49. The predicted octanol–water partition coefficient (Wildman–Crippen LogP) is 13.1. The van der Waals surface area contributed by atoms with Gasteiger partial charge in [0.15, 0.2) is 46.3 Å². The molecule has 112 heavy (non-hydrogen) atoms. The molecule has 0 radical (unpaired) electrons. The number of hydrogen-bond acceptors (Lipinski definition) is 21. The fraction of sp³-hybridized carbons (Fsp3) is 0.360. The molecule has 9 amide bonds. The van der Waals surface area contributed by atoms with Crippen LogP contribution in [0.15, 0.2) is 102 Å². The second-order valence-corrected chi connectivity index (χ2v) is 27.9. The Balaban J connectivity index is 0.000000166. The van der Waals surface area contributed by atoms with Gasteiger partial charge in [0.2, 0.25) is 41.4 Å². The zero-order valence-electron chi connectivity index (χ0n) is 62.2. The topological polar surface area (TPSA) is 327 Å². The highest BCUT2D eigenvalue weighted by Crippen LogP contribution is 2.48. The van der Waals surface area contributed by atoms with Crippen LogP contribution in [0.25, 0.3) is 0 Å². The van der Waals surface area contributed by atoms with Gasteiger partial charge in [-0.3, -0.25) is 43.8 Å². The number of para-hydroxylation sites is 2. The first-order valence-electron chi connectivity index (χ1n) is 35.3. The van der Waals surface area contributed by atoms with Crippen molar-refractivity contribution in [1.29, 1.82) is 0 Å². The van der Waals surface area contributed by atoms with Crippen molar-refractivity contribution in [2.24, 2.45) is 5.92 Å². The molecule has 3 aliphatic carbocycles. The van der Waals surface area contributed by atoms with E-state index in [2.05, 4.69) is 113 Å². The number of amides is 9. The van der Waals surface area contributed by atoms with Gasteiger partial charge in [0.05, 0.1) is 82.6 Å². The Labute approximate surface area is 657 Å². The third kappa shape index (κ3) is 17.1. The molecule has 6 aliphatic rings. The van der Waals surface area contributed by atoms with Gasteiger partial charge in [-0.05, 0) is 107 Å². The van der Waals surface area contributed by atoms with E-state index in [4.69, 9.17) is 28.4 Å². The summed E-state index contributed by atoms with van der Waals surface area (Å²) in [5.41, 5.74) is 1.96. The van der Waals surface area contributed by atoms with Crippen molar-refractivity contribution in [3.8, 4) is 34.5 Å². The maximum atomic E-state index is 15.5. The van der Waals surface area contributed by atoms with E-state index >= 15 is 17.6 Å². The molecule has 3 aliphatic heterocycles. The number of hydrogen-bond donors (Lipinski definition) is 6. The molecule has 6 heterocycles. The van der Waals surface area contributed by atoms with Gasteiger partial charge < -0.3 is 60.3 Å². The predicted molar refractivity (Wildman–Crippen MR) is 416 cm³/mol. The van der Waals surface area contributed by atoms with Gasteiger partial charge >= 0.3 is 18.1 Å². The van der Waals surface area contributed by atoms with E-state index < -0.39 is 64.4 Å². The summed E-state index contributed by atoms with van der Waals surface area (Å²) in [6, 6.07) is 7.79. The standard InChI is InChI=1S/C27H26BrFN6O4.C24H28BrFN6O4.C24H27F3N6O4/c1-4-21(36)31-17-7-5-6-8-18(17)32-26-30-12-16-14-34(27(37)35(25(16)33-26)13-15-9-10-15)24-22(28)19(38-2)11-20(39-3)23(24)29;1-5-18(33)28-14-8-6-7-9-15(14)29-23-27-11-13-12-32(24(34)31(2)22(13)30-23)21-19(25)16(35-3)10-17(36-4)20(21)26;1-5-15(34)29-13-8-6-7-9-14(13)30-23-28-10-12-11-33(24(35)32(2)22(12)31-23)19-16(25)20(36-3)18(27)21(37-4)17(19)26/h4-8,11-12,15H,1,9-10,13-14H2,2-3H3,(H,31,36)(H,30,32,33);5,10-11,14-15H,1,6-9,12H2,2-4H3,(H,28,33)(H,27,29,30);5,10,13-14H,1,6-9,11H2,2-4H3,(H,29,34)(H,28,30,31)/t;14-,15+;13-,14+/m.00/s1. The first-order chi connectivity index (χ1) is 53.8. The third-order valence-electron chi connectivity index (χ3n) is 19.4. The molecule has 6 N–H and O–H groups in total. The summed E-state index contributed by atoms with van der Waals surface area (Å²) in [5, 5.41) is 18.3. The van der Waals surface area contributed by atoms with E-state index in [0.29, 0.717) is 74.1 Å². The van der Waals surface area contributed by atoms with Crippen LogP contribution in [0.1, 0.15) is 80.9 Å². The van der Waals surface area contributed by atoms with Crippen molar-refractivity contribution in [3.05, 3.63) is 148 Å². The number of nitrogens with zero attached hydrogens (tertiary/aromatic N) is 12. The Hall–Kier alpha value is -11.6. The van der Waals surface area contributed by atoms with Crippen molar-refractivity contribution in [2.75, 3.05) is 114 Å². The van der Waals surface area contributed by atoms with E-state index in [1.807, 2.05) is 0 Å². The van der Waals surface area contributed by atoms with Crippen LogP contribution in [0.4, 0.5) is 100 Å². The summed E-state index contributed by atoms with van der Waals surface area (Å²) < 4.78 is 107. The van der Waals surface area contributed by atoms with Crippen molar-refractivity contribution in [2.45, 2.75) is 108 Å². The molecule has 30 nitrogen and oxygen atoms in total.